The number of hydrogen-bond donors (Lipinski definition) is 1. The van der Waals surface area contributed by atoms with Crippen molar-refractivity contribution in [1.82, 2.24) is 15.2 Å². The summed E-state index contributed by atoms with van der Waals surface area (Å²) in [5, 5.41) is 2.87. The molecule has 26 heavy (non-hydrogen) atoms. The van der Waals surface area contributed by atoms with E-state index >= 15 is 0 Å². The predicted molar refractivity (Wildman–Crippen MR) is 99.5 cm³/mol. The molecule has 1 aromatic carbocycles. The highest BCUT2D eigenvalue weighted by Crippen LogP contribution is 2.34. The van der Waals surface area contributed by atoms with Gasteiger partial charge in [0.2, 0.25) is 17.7 Å². The minimum absolute atomic E-state index is 0.00767. The van der Waals surface area contributed by atoms with Crippen LogP contribution >= 0.6 is 0 Å². The number of benzene rings is 1. The van der Waals surface area contributed by atoms with Crippen molar-refractivity contribution in [2.24, 2.45) is 5.92 Å². The van der Waals surface area contributed by atoms with Gasteiger partial charge in [-0.3, -0.25) is 9.59 Å². The summed E-state index contributed by atoms with van der Waals surface area (Å²) in [6.45, 7) is 10.5. The maximum atomic E-state index is 12.6. The van der Waals surface area contributed by atoms with Crippen molar-refractivity contribution in [2.45, 2.75) is 58.5 Å². The summed E-state index contributed by atoms with van der Waals surface area (Å²) < 4.78 is 5.74. The molecule has 1 aromatic heterocycles. The minimum atomic E-state index is -0.496. The lowest BCUT2D eigenvalue weighted by Crippen LogP contribution is -2.46. The van der Waals surface area contributed by atoms with Crippen LogP contribution in [0.3, 0.4) is 0 Å². The number of carbonyl (C=O) groups is 2. The van der Waals surface area contributed by atoms with Crippen LogP contribution < -0.4 is 5.32 Å². The van der Waals surface area contributed by atoms with Gasteiger partial charge in [0.05, 0.1) is 12.5 Å². The first kappa shape index (κ1) is 18.4. The first-order valence-corrected chi connectivity index (χ1v) is 8.94. The molecule has 0 unspecified atom stereocenters. The van der Waals surface area contributed by atoms with Crippen LogP contribution in [0.15, 0.2) is 22.6 Å². The number of likely N-dealkylation sites (tertiary alicyclic amines) is 1. The summed E-state index contributed by atoms with van der Waals surface area (Å²) in [4.78, 5) is 30.6. The van der Waals surface area contributed by atoms with E-state index in [4.69, 9.17) is 4.42 Å². The number of fused-ring (bicyclic) bond motifs is 1. The molecule has 1 atom stereocenters. The van der Waals surface area contributed by atoms with Gasteiger partial charge >= 0.3 is 0 Å². The molecule has 3 rings (SSSR count). The van der Waals surface area contributed by atoms with Crippen molar-refractivity contribution in [3.63, 3.8) is 0 Å². The van der Waals surface area contributed by atoms with Crippen LogP contribution in [0.25, 0.3) is 11.1 Å². The molecule has 0 spiro atoms. The lowest BCUT2D eigenvalue weighted by Gasteiger charge is -2.32. The molecular weight excluding hydrogens is 330 g/mol. The van der Waals surface area contributed by atoms with E-state index in [1.54, 1.807) is 11.9 Å². The number of rotatable bonds is 3. The summed E-state index contributed by atoms with van der Waals surface area (Å²) in [5.74, 6) is -0.0659. The average Bonchev–Trinajstić information content (AvgIpc) is 3.05. The average molecular weight is 357 g/mol. The second-order valence-corrected chi connectivity index (χ2v) is 8.62. The van der Waals surface area contributed by atoms with Crippen LogP contribution in [0.4, 0.5) is 0 Å². The SMILES string of the molecule is CN1C(=O)C[C@H](C(=O)NCc2nc3cc(C(C)(C)C)ccc3o2)C1(C)C. The van der Waals surface area contributed by atoms with Crippen LogP contribution in [0.5, 0.6) is 0 Å². The van der Waals surface area contributed by atoms with E-state index in [0.717, 1.165) is 5.52 Å². The molecule has 0 aliphatic carbocycles. The lowest BCUT2D eigenvalue weighted by molar-refractivity contribution is -0.128. The normalized spacial score (nSPS) is 20.0. The second-order valence-electron chi connectivity index (χ2n) is 8.62. The topological polar surface area (TPSA) is 75.4 Å². The summed E-state index contributed by atoms with van der Waals surface area (Å²) >= 11 is 0. The van der Waals surface area contributed by atoms with Gasteiger partial charge in [-0.25, -0.2) is 4.98 Å². The molecule has 1 saturated heterocycles. The van der Waals surface area contributed by atoms with E-state index in [-0.39, 0.29) is 36.1 Å². The van der Waals surface area contributed by atoms with Gasteiger partial charge in [-0.15, -0.1) is 0 Å². The summed E-state index contributed by atoms with van der Waals surface area (Å²) in [6, 6.07) is 5.98. The standard InChI is InChI=1S/C20H27N3O3/c1-19(2,3)12-7-8-15-14(9-12)22-16(26-15)11-21-18(25)13-10-17(24)23(6)20(13,4)5/h7-9,13H,10-11H2,1-6H3,(H,21,25)/t13-/m1/s1. The Hall–Kier alpha value is -2.37. The van der Waals surface area contributed by atoms with Crippen LogP contribution in [-0.2, 0) is 21.5 Å². The molecule has 140 valence electrons. The quantitative estimate of drug-likeness (QED) is 0.916. The monoisotopic (exact) mass is 357 g/mol. The van der Waals surface area contributed by atoms with Gasteiger partial charge in [0.15, 0.2) is 5.58 Å². The number of carbonyl (C=O) groups excluding carboxylic acids is 2. The molecule has 1 aliphatic heterocycles. The molecule has 2 heterocycles. The number of amides is 2. The molecular formula is C20H27N3O3. The largest absolute Gasteiger partial charge is 0.439 e. The van der Waals surface area contributed by atoms with Gasteiger partial charge in [-0.2, -0.15) is 0 Å². The molecule has 0 radical (unpaired) electrons. The van der Waals surface area contributed by atoms with Gasteiger partial charge < -0.3 is 14.6 Å². The Labute approximate surface area is 153 Å². The number of hydrogen-bond acceptors (Lipinski definition) is 4. The predicted octanol–water partition coefficient (Wildman–Crippen LogP) is 3.00. The van der Waals surface area contributed by atoms with E-state index < -0.39 is 5.54 Å². The number of nitrogens with one attached hydrogen (secondary N) is 1. The summed E-state index contributed by atoms with van der Waals surface area (Å²) in [6.07, 6.45) is 0.234. The zero-order valence-corrected chi connectivity index (χ0v) is 16.3. The van der Waals surface area contributed by atoms with Gasteiger partial charge in [0.25, 0.3) is 0 Å². The van der Waals surface area contributed by atoms with Gasteiger partial charge in [-0.1, -0.05) is 26.8 Å². The van der Waals surface area contributed by atoms with Crippen molar-refractivity contribution in [2.75, 3.05) is 7.05 Å². The van der Waals surface area contributed by atoms with Crippen LogP contribution in [0, 0.1) is 5.92 Å². The van der Waals surface area contributed by atoms with Crippen LogP contribution in [0.2, 0.25) is 0 Å². The Balaban J connectivity index is 1.72. The Morgan fingerprint density at radius 2 is 2.08 bits per heavy atom. The summed E-state index contributed by atoms with van der Waals surface area (Å²) in [5.41, 5.74) is 2.22. The third-order valence-corrected chi connectivity index (χ3v) is 5.50. The molecule has 0 saturated carbocycles. The number of nitrogens with zero attached hydrogens (tertiary/aromatic N) is 2. The highest BCUT2D eigenvalue weighted by atomic mass is 16.3. The number of oxazole rings is 1. The van der Waals surface area contributed by atoms with Gasteiger partial charge in [-0.05, 0) is 37.0 Å². The Morgan fingerprint density at radius 1 is 1.38 bits per heavy atom. The van der Waals surface area contributed by atoms with Crippen LogP contribution in [0.1, 0.15) is 52.5 Å². The highest BCUT2D eigenvalue weighted by molar-refractivity contribution is 5.90. The fraction of sp³-hybridized carbons (Fsp3) is 0.550. The van der Waals surface area contributed by atoms with E-state index in [0.29, 0.717) is 11.5 Å². The number of aromatic nitrogens is 1. The molecule has 2 amide bonds. The van der Waals surface area contributed by atoms with E-state index in [9.17, 15) is 9.59 Å². The molecule has 1 fully saturated rings. The van der Waals surface area contributed by atoms with Gasteiger partial charge in [0.1, 0.15) is 5.52 Å². The lowest BCUT2D eigenvalue weighted by atomic mass is 9.87. The Kier molecular flexibility index (Phi) is 4.33. The minimum Gasteiger partial charge on any atom is -0.439 e. The molecule has 2 aromatic rings. The molecule has 0 bridgehead atoms. The highest BCUT2D eigenvalue weighted by Gasteiger charge is 2.47. The third-order valence-electron chi connectivity index (χ3n) is 5.50. The first-order chi connectivity index (χ1) is 12.0. The van der Waals surface area contributed by atoms with Crippen molar-refractivity contribution in [3.05, 3.63) is 29.7 Å². The van der Waals surface area contributed by atoms with E-state index in [1.807, 2.05) is 32.0 Å². The van der Waals surface area contributed by atoms with Crippen molar-refractivity contribution >= 4 is 22.9 Å². The van der Waals surface area contributed by atoms with Crippen molar-refractivity contribution < 1.29 is 14.0 Å². The smallest absolute Gasteiger partial charge is 0.226 e. The fourth-order valence-electron chi connectivity index (χ4n) is 3.33. The summed E-state index contributed by atoms with van der Waals surface area (Å²) in [7, 11) is 1.74. The maximum Gasteiger partial charge on any atom is 0.226 e. The van der Waals surface area contributed by atoms with E-state index in [1.165, 1.54) is 5.56 Å². The molecule has 6 heteroatoms. The zero-order chi connectivity index (χ0) is 19.3. The Morgan fingerprint density at radius 3 is 2.65 bits per heavy atom. The van der Waals surface area contributed by atoms with Gasteiger partial charge in [0, 0.05) is 19.0 Å². The van der Waals surface area contributed by atoms with Crippen LogP contribution in [-0.4, -0.2) is 34.3 Å². The van der Waals surface area contributed by atoms with E-state index in [2.05, 4.69) is 31.1 Å². The maximum absolute atomic E-state index is 12.6. The Bertz CT molecular complexity index is 861. The fourth-order valence-corrected chi connectivity index (χ4v) is 3.33. The second kappa shape index (κ2) is 6.11. The molecule has 1 N–H and O–H groups in total. The first-order valence-electron chi connectivity index (χ1n) is 8.94. The third kappa shape index (κ3) is 3.20. The van der Waals surface area contributed by atoms with Crippen molar-refractivity contribution in [1.29, 1.82) is 0 Å². The van der Waals surface area contributed by atoms with Crippen molar-refractivity contribution in [3.8, 4) is 0 Å². The molecule has 6 nitrogen and oxygen atoms in total. The molecule has 1 aliphatic rings. The zero-order valence-electron chi connectivity index (χ0n) is 16.3.